The number of aliphatic hydroxyl groups is 1. The zero-order valence-corrected chi connectivity index (χ0v) is 18.4. The van der Waals surface area contributed by atoms with Gasteiger partial charge in [-0.15, -0.1) is 11.8 Å². The third-order valence-corrected chi connectivity index (χ3v) is 5.54. The molecule has 0 radical (unpaired) electrons. The second-order valence-corrected chi connectivity index (χ2v) is 7.43. The zero-order chi connectivity index (χ0) is 19.6. The molecule has 28 heavy (non-hydrogen) atoms. The Morgan fingerprint density at radius 3 is 2.68 bits per heavy atom. The molecule has 2 amide bonds. The van der Waals surface area contributed by atoms with Crippen LogP contribution in [0.2, 0.25) is 0 Å². The molecule has 2 aliphatic heterocycles. The van der Waals surface area contributed by atoms with Crippen molar-refractivity contribution in [2.24, 2.45) is 5.92 Å². The first-order chi connectivity index (χ1) is 12.9. The minimum absolute atomic E-state index is 0. The van der Waals surface area contributed by atoms with Gasteiger partial charge >= 0.3 is 29.6 Å². The van der Waals surface area contributed by atoms with Crippen molar-refractivity contribution in [1.82, 2.24) is 10.2 Å². The van der Waals surface area contributed by atoms with Gasteiger partial charge in [-0.25, -0.2) is 0 Å². The van der Waals surface area contributed by atoms with Crippen LogP contribution in [0.1, 0.15) is 18.9 Å². The van der Waals surface area contributed by atoms with Crippen molar-refractivity contribution >= 4 is 29.5 Å². The van der Waals surface area contributed by atoms with Crippen LogP contribution in [0.4, 0.5) is 0 Å². The number of carbonyl (C=O) groups excluding carboxylic acids is 3. The van der Waals surface area contributed by atoms with E-state index < -0.39 is 23.9 Å². The van der Waals surface area contributed by atoms with Crippen molar-refractivity contribution in [1.29, 1.82) is 0 Å². The van der Waals surface area contributed by atoms with Gasteiger partial charge in [-0.05, 0) is 17.9 Å². The average molecular weight is 410 g/mol. The van der Waals surface area contributed by atoms with Gasteiger partial charge in [-0.1, -0.05) is 30.3 Å². The first-order valence-corrected chi connectivity index (χ1v) is 9.38. The number of amides is 2. The summed E-state index contributed by atoms with van der Waals surface area (Å²) in [4.78, 5) is 37.0. The van der Waals surface area contributed by atoms with E-state index >= 15 is 0 Å². The molecular weight excluding hydrogens is 391 g/mol. The predicted octanol–water partition coefficient (Wildman–Crippen LogP) is -2.87. The number of nitrogens with one attached hydrogen (secondary N) is 1. The Morgan fingerprint density at radius 1 is 1.39 bits per heavy atom. The number of aliphatic carboxylic acids is 1. The summed E-state index contributed by atoms with van der Waals surface area (Å²) in [5, 5.41) is 25.4. The summed E-state index contributed by atoms with van der Waals surface area (Å²) in [5.41, 5.74) is 0.804. The molecule has 1 fully saturated rings. The van der Waals surface area contributed by atoms with Crippen LogP contribution in [0.25, 0.3) is 0 Å². The number of β-lactam (4-membered cyclic amide) rings is 1. The summed E-state index contributed by atoms with van der Waals surface area (Å²) in [6.45, 7) is 1.91. The molecule has 0 aliphatic carbocycles. The van der Waals surface area contributed by atoms with Crippen LogP contribution >= 0.6 is 11.8 Å². The minimum Gasteiger partial charge on any atom is -0.543 e. The van der Waals surface area contributed by atoms with Gasteiger partial charge in [0.1, 0.15) is 0 Å². The van der Waals surface area contributed by atoms with Crippen molar-refractivity contribution in [3.63, 3.8) is 0 Å². The standard InChI is InChI=1S/C19H20N2O5S.Na/c1-11(22)16-13-9-14(17(19(25)26)21(13)18(16)24)27-8-7-15(23)20-10-12-5-3-2-4-6-12;/h2-8,11,13,16,22H,9-10H2,1H3,(H,20,23)(H,25,26);/q;+1/p-1/b8-7-;/t11-,13+,16-;/m0./s1. The molecule has 1 saturated heterocycles. The summed E-state index contributed by atoms with van der Waals surface area (Å²) in [5.74, 6) is -2.74. The number of thioether (sulfide) groups is 1. The summed E-state index contributed by atoms with van der Waals surface area (Å²) in [6.07, 6.45) is 0.799. The Labute approximate surface area is 189 Å². The molecule has 2 aliphatic rings. The maximum Gasteiger partial charge on any atom is 1.00 e. The fourth-order valence-electron chi connectivity index (χ4n) is 3.35. The maximum atomic E-state index is 12.1. The van der Waals surface area contributed by atoms with Crippen molar-refractivity contribution < 1.29 is 54.2 Å². The largest absolute Gasteiger partial charge is 1.00 e. The van der Waals surface area contributed by atoms with Crippen molar-refractivity contribution in [2.75, 3.05) is 0 Å². The van der Waals surface area contributed by atoms with Crippen LogP contribution in [0, 0.1) is 5.92 Å². The number of nitrogens with zero attached hydrogens (tertiary/aromatic N) is 1. The summed E-state index contributed by atoms with van der Waals surface area (Å²) in [6, 6.07) is 9.08. The van der Waals surface area contributed by atoms with Crippen molar-refractivity contribution in [2.45, 2.75) is 32.0 Å². The van der Waals surface area contributed by atoms with E-state index in [0.717, 1.165) is 17.3 Å². The molecule has 3 rings (SSSR count). The smallest absolute Gasteiger partial charge is 0.543 e. The molecule has 1 aromatic rings. The topological polar surface area (TPSA) is 110 Å². The number of hydrogen-bond donors (Lipinski definition) is 2. The van der Waals surface area contributed by atoms with E-state index in [4.69, 9.17) is 0 Å². The van der Waals surface area contributed by atoms with Crippen LogP contribution in [-0.4, -0.2) is 39.9 Å². The molecule has 142 valence electrons. The van der Waals surface area contributed by atoms with Crippen LogP contribution < -0.4 is 40.0 Å². The van der Waals surface area contributed by atoms with E-state index in [0.29, 0.717) is 17.9 Å². The number of fused-ring (bicyclic) bond motifs is 1. The Kier molecular flexibility index (Phi) is 7.91. The average Bonchev–Trinajstić information content (AvgIpc) is 2.95. The van der Waals surface area contributed by atoms with E-state index in [9.17, 15) is 24.6 Å². The van der Waals surface area contributed by atoms with Crippen LogP contribution in [0.3, 0.4) is 0 Å². The molecular formula is C19H19N2NaO5S. The normalized spacial score (nSPS) is 21.8. The molecule has 0 spiro atoms. The first-order valence-electron chi connectivity index (χ1n) is 8.50. The van der Waals surface area contributed by atoms with E-state index in [1.807, 2.05) is 30.3 Å². The number of aliphatic hydroxyl groups excluding tert-OH is 1. The van der Waals surface area contributed by atoms with E-state index in [1.165, 1.54) is 23.3 Å². The zero-order valence-electron chi connectivity index (χ0n) is 15.6. The van der Waals surface area contributed by atoms with E-state index in [2.05, 4.69) is 5.32 Å². The molecule has 1 aromatic carbocycles. The third-order valence-electron chi connectivity index (χ3n) is 4.62. The fourth-order valence-corrected chi connectivity index (χ4v) is 4.26. The predicted molar refractivity (Wildman–Crippen MR) is 97.5 cm³/mol. The van der Waals surface area contributed by atoms with Gasteiger partial charge in [0.2, 0.25) is 11.8 Å². The second kappa shape index (κ2) is 9.76. The Balaban J connectivity index is 0.00000280. The fraction of sp³-hybridized carbons (Fsp3) is 0.316. The van der Waals surface area contributed by atoms with Crippen LogP contribution in [0.15, 0.2) is 52.4 Å². The third kappa shape index (κ3) is 4.69. The number of carboxylic acid groups (broad SMARTS) is 1. The molecule has 0 unspecified atom stereocenters. The van der Waals surface area contributed by atoms with Gasteiger partial charge in [-0.2, -0.15) is 0 Å². The Hall–Kier alpha value is -1.58. The molecule has 0 bridgehead atoms. The number of benzene rings is 1. The van der Waals surface area contributed by atoms with Crippen molar-refractivity contribution in [3.05, 3.63) is 58.0 Å². The van der Waals surface area contributed by atoms with E-state index in [1.54, 1.807) is 0 Å². The monoisotopic (exact) mass is 410 g/mol. The number of carboxylic acids is 1. The molecule has 2 heterocycles. The van der Waals surface area contributed by atoms with E-state index in [-0.39, 0.29) is 47.2 Å². The number of hydrogen-bond acceptors (Lipinski definition) is 6. The maximum absolute atomic E-state index is 12.1. The number of carbonyl (C=O) groups is 3. The summed E-state index contributed by atoms with van der Waals surface area (Å²) >= 11 is 1.08. The van der Waals surface area contributed by atoms with Gasteiger partial charge in [0.25, 0.3) is 0 Å². The summed E-state index contributed by atoms with van der Waals surface area (Å²) < 4.78 is 0. The van der Waals surface area contributed by atoms with Gasteiger partial charge < -0.3 is 25.2 Å². The van der Waals surface area contributed by atoms with Gasteiger partial charge in [0, 0.05) is 23.9 Å². The Morgan fingerprint density at radius 2 is 2.07 bits per heavy atom. The molecule has 9 heteroatoms. The van der Waals surface area contributed by atoms with Crippen molar-refractivity contribution in [3.8, 4) is 0 Å². The Bertz CT molecular complexity index is 825. The summed E-state index contributed by atoms with van der Waals surface area (Å²) in [7, 11) is 0. The van der Waals surface area contributed by atoms with Crippen LogP contribution in [-0.2, 0) is 20.9 Å². The second-order valence-electron chi connectivity index (χ2n) is 6.43. The molecule has 7 nitrogen and oxygen atoms in total. The SMILES string of the molecule is C[C@H](O)[C@@H]1C(=O)N2C(C(=O)[O-])=C(S/C=C\C(=O)NCc3ccccc3)C[C@H]12.[Na+]. The minimum atomic E-state index is -1.43. The van der Waals surface area contributed by atoms with Gasteiger partial charge in [0.15, 0.2) is 0 Å². The molecule has 2 N–H and O–H groups in total. The molecule has 0 saturated carbocycles. The van der Waals surface area contributed by atoms with Gasteiger partial charge in [0.05, 0.1) is 29.7 Å². The molecule has 0 aromatic heterocycles. The molecule has 3 atom stereocenters. The van der Waals surface area contributed by atoms with Crippen LogP contribution in [0.5, 0.6) is 0 Å². The van der Waals surface area contributed by atoms with Gasteiger partial charge in [-0.3, -0.25) is 9.59 Å². The number of rotatable bonds is 7. The first kappa shape index (κ1) is 22.7. The quantitative estimate of drug-likeness (QED) is 0.284.